The van der Waals surface area contributed by atoms with Crippen LogP contribution in [0.5, 0.6) is 11.5 Å². The van der Waals surface area contributed by atoms with Gasteiger partial charge in [-0.3, -0.25) is 38.5 Å². The van der Waals surface area contributed by atoms with Gasteiger partial charge in [-0.05, 0) is 103 Å². The van der Waals surface area contributed by atoms with Crippen LogP contribution in [-0.2, 0) is 44.8 Å². The molecule has 0 saturated heterocycles. The second-order valence-electron chi connectivity index (χ2n) is 22.7. The molecule has 3 atom stereocenters. The van der Waals surface area contributed by atoms with Crippen LogP contribution >= 0.6 is 11.6 Å². The number of rotatable bonds is 30. The quantitative estimate of drug-likeness (QED) is 0.0141. The maximum absolute atomic E-state index is 14.6. The number of nitrogens with one attached hydrogen (secondary N) is 5. The van der Waals surface area contributed by atoms with E-state index in [1.165, 1.54) is 52.2 Å². The Labute approximate surface area is 549 Å². The molecule has 0 fully saturated rings. The number of amides is 11. The van der Waals surface area contributed by atoms with Gasteiger partial charge >= 0.3 is 30.3 Å². The van der Waals surface area contributed by atoms with Crippen molar-refractivity contribution in [2.75, 3.05) is 87.6 Å². The molecule has 29 nitrogen and oxygen atoms in total. The zero-order valence-corrected chi connectivity index (χ0v) is 53.2. The van der Waals surface area contributed by atoms with Gasteiger partial charge in [-0.1, -0.05) is 44.2 Å². The third-order valence-electron chi connectivity index (χ3n) is 15.5. The number of carboxylic acid groups (broad SMARTS) is 1. The number of hydrogen-bond acceptors (Lipinski definition) is 17. The van der Waals surface area contributed by atoms with Crippen LogP contribution in [0.3, 0.4) is 0 Å². The van der Waals surface area contributed by atoms with Crippen LogP contribution in [0.1, 0.15) is 83.0 Å². The molecule has 0 unspecified atom stereocenters. The first-order chi connectivity index (χ1) is 45.5. The molecule has 0 saturated carbocycles. The summed E-state index contributed by atoms with van der Waals surface area (Å²) in [6.45, 7) is 4.70. The fourth-order valence-corrected chi connectivity index (χ4v) is 10.7. The second kappa shape index (κ2) is 32.7. The summed E-state index contributed by atoms with van der Waals surface area (Å²) in [6, 6.07) is 19.2. The number of phenolic OH excluding ortho intramolecular Hbond substituents is 1. The largest absolute Gasteiger partial charge is 0.508 e. The predicted octanol–water partition coefficient (Wildman–Crippen LogP) is 6.24. The summed E-state index contributed by atoms with van der Waals surface area (Å²) >= 11 is 6.63. The Bertz CT molecular complexity index is 3880. The number of aromatic nitrogens is 2. The molecule has 0 spiro atoms. The fraction of sp³-hybridized carbons (Fsp3) is 0.354. The number of nitrogens with zero attached hydrogens (tertiary/aromatic N) is 6. The Morgan fingerprint density at radius 3 is 2.23 bits per heavy atom. The summed E-state index contributed by atoms with van der Waals surface area (Å²) in [7, 11) is 1.45. The zero-order valence-electron chi connectivity index (χ0n) is 52.5. The first kappa shape index (κ1) is 70.1. The first-order valence-corrected chi connectivity index (χ1v) is 30.9. The Kier molecular flexibility index (Phi) is 24.1. The van der Waals surface area contributed by atoms with Crippen LogP contribution in [0, 0.1) is 12.8 Å². The number of urea groups is 1. The molecule has 6 aromatic rings. The number of halogens is 1. The number of imidazole rings is 1. The van der Waals surface area contributed by atoms with E-state index in [1.54, 1.807) is 79.0 Å². The number of aryl methyl sites for hydroxylation is 1. The van der Waals surface area contributed by atoms with E-state index in [2.05, 4.69) is 31.6 Å². The molecule has 4 aromatic carbocycles. The third kappa shape index (κ3) is 18.7. The van der Waals surface area contributed by atoms with Crippen LogP contribution < -0.4 is 42.0 Å². The Balaban J connectivity index is 0.869. The normalized spacial score (nSPS) is 13.9. The monoisotopic (exact) mass is 1330 g/mol. The molecular formula is C65H73ClN12O17. The smallest absolute Gasteiger partial charge is 0.415 e. The van der Waals surface area contributed by atoms with Gasteiger partial charge in [0.2, 0.25) is 11.8 Å². The van der Waals surface area contributed by atoms with Crippen molar-refractivity contribution in [2.45, 2.75) is 71.1 Å². The molecule has 502 valence electrons. The van der Waals surface area contributed by atoms with E-state index in [9.17, 15) is 63.0 Å². The number of likely N-dealkylation sites (N-methyl/N-ethyl adjacent to an activating group) is 1. The molecule has 11 amide bonds. The van der Waals surface area contributed by atoms with E-state index in [1.807, 2.05) is 13.0 Å². The number of hydrogen-bond donors (Lipinski definition) is 8. The molecule has 4 heterocycles. The summed E-state index contributed by atoms with van der Waals surface area (Å²) in [4.78, 5) is 152. The highest BCUT2D eigenvalue weighted by atomic mass is 35.5. The van der Waals surface area contributed by atoms with Crippen molar-refractivity contribution in [2.24, 2.45) is 11.7 Å². The number of imide groups is 1. The average molecular weight is 1330 g/mol. The second-order valence-corrected chi connectivity index (χ2v) is 23.0. The molecule has 30 heteroatoms. The zero-order chi connectivity index (χ0) is 68.5. The van der Waals surface area contributed by atoms with Gasteiger partial charge in [-0.25, -0.2) is 24.2 Å². The summed E-state index contributed by atoms with van der Waals surface area (Å²) in [5, 5.41) is 33.6. The minimum absolute atomic E-state index is 0.00362. The van der Waals surface area contributed by atoms with E-state index < -0.39 is 83.7 Å². The maximum atomic E-state index is 14.6. The van der Waals surface area contributed by atoms with Gasteiger partial charge in [0, 0.05) is 105 Å². The van der Waals surface area contributed by atoms with Crippen LogP contribution in [-0.4, -0.2) is 184 Å². The van der Waals surface area contributed by atoms with Gasteiger partial charge in [0.05, 0.1) is 31.1 Å². The number of alkyl carbamates (subject to hydrolysis) is 1. The van der Waals surface area contributed by atoms with Gasteiger partial charge in [-0.15, -0.1) is 11.6 Å². The number of aliphatic carboxylic acids is 1. The lowest BCUT2D eigenvalue weighted by Gasteiger charge is -2.26. The van der Waals surface area contributed by atoms with Gasteiger partial charge in [0.1, 0.15) is 48.1 Å². The molecule has 0 radical (unpaired) electrons. The number of anilines is 3. The van der Waals surface area contributed by atoms with Crippen LogP contribution in [0.15, 0.2) is 109 Å². The predicted molar refractivity (Wildman–Crippen MR) is 346 cm³/mol. The van der Waals surface area contributed by atoms with Gasteiger partial charge in [0.25, 0.3) is 23.6 Å². The Hall–Kier alpha value is -10.8. The summed E-state index contributed by atoms with van der Waals surface area (Å²) in [5.74, 6) is -4.81. The highest BCUT2D eigenvalue weighted by Gasteiger charge is 2.37. The number of aromatic hydroxyl groups is 1. The number of ether oxygens (including phenoxy) is 4. The summed E-state index contributed by atoms with van der Waals surface area (Å²) in [6.07, 6.45) is 2.87. The number of carbonyl (C=O) groups excluding carboxylic acids is 10. The highest BCUT2D eigenvalue weighted by Crippen LogP contribution is 2.47. The van der Waals surface area contributed by atoms with E-state index in [0.717, 1.165) is 33.6 Å². The maximum Gasteiger partial charge on any atom is 0.415 e. The summed E-state index contributed by atoms with van der Waals surface area (Å²) in [5.41, 5.74) is 9.27. The molecule has 2 aliphatic rings. The van der Waals surface area contributed by atoms with Crippen molar-refractivity contribution in [3.05, 3.63) is 137 Å². The standard InChI is InChI=1S/C65H73ClN12O17/c1-38(2)57(73-63(89)93-31-30-92-29-28-77-52(80)22-23-53(77)81)60(86)72-47(10-6-24-68-62(67)88)59(85)69-43-16-12-40(13-17-43)37-94-64(90)74(4)26-27-75(25-7-11-54(82)83)65(91)95-50-32-49-56(55-39(3)8-5-9-46(50)55)42(33-66)34-78(49)61(87)48-36-76-35-44(18-21-51(76)71-48)70-58(84)41-14-19-45(79)20-15-41/h5,8-9,12-23,32,35-36,38,42,47,57,79H,6-7,10-11,24-31,33-34,37H2,1-4H3,(H,69,85)(H,70,84)(H,72,86)(H,73,89)(H,82,83)(H3,67,68,88)/t42-,47+,57+/m1/s1. The Morgan fingerprint density at radius 1 is 0.811 bits per heavy atom. The molecule has 95 heavy (non-hydrogen) atoms. The van der Waals surface area contributed by atoms with E-state index in [-0.39, 0.29) is 120 Å². The first-order valence-electron chi connectivity index (χ1n) is 30.4. The van der Waals surface area contributed by atoms with Gasteiger partial charge < -0.3 is 80.6 Å². The topological polar surface area (TPSA) is 382 Å². The number of fused-ring (bicyclic) bond motifs is 4. The number of nitrogens with two attached hydrogens (primary N) is 1. The average Bonchev–Trinajstić information content (AvgIpc) is 1.63. The lowest BCUT2D eigenvalue weighted by Crippen LogP contribution is -2.54. The van der Waals surface area contributed by atoms with Crippen molar-refractivity contribution in [1.82, 2.24) is 40.0 Å². The number of primary amides is 1. The molecule has 0 bridgehead atoms. The molecular weight excluding hydrogens is 1260 g/mol. The van der Waals surface area contributed by atoms with E-state index >= 15 is 0 Å². The fourth-order valence-electron chi connectivity index (χ4n) is 10.5. The van der Waals surface area contributed by atoms with Crippen LogP contribution in [0.4, 0.5) is 36.2 Å². The number of carbonyl (C=O) groups is 11. The number of pyridine rings is 1. The van der Waals surface area contributed by atoms with Crippen LogP contribution in [0.25, 0.3) is 16.4 Å². The minimum Gasteiger partial charge on any atom is -0.508 e. The van der Waals surface area contributed by atoms with E-state index in [4.69, 9.17) is 36.3 Å². The van der Waals surface area contributed by atoms with Gasteiger partial charge in [-0.2, -0.15) is 0 Å². The summed E-state index contributed by atoms with van der Waals surface area (Å²) < 4.78 is 23.9. The van der Waals surface area contributed by atoms with Crippen molar-refractivity contribution in [1.29, 1.82) is 0 Å². The SMILES string of the molecule is Cc1cccc2c(OC(=O)N(CCCC(=O)O)CCN(C)C(=O)OCc3ccc(NC(=O)[C@H](CCCNC(N)=O)NC(=O)[C@@H](NC(=O)OCCOCCN4C(=O)C=CC4=O)C(C)C)cc3)cc3c(c12)[C@H](CCl)CN3C(=O)c1cn2cc(NC(=O)c3ccc(O)cc3)ccc2n1. The van der Waals surface area contributed by atoms with Crippen molar-refractivity contribution >= 4 is 111 Å². The van der Waals surface area contributed by atoms with Crippen molar-refractivity contribution in [3.63, 3.8) is 0 Å². The number of benzene rings is 4. The lowest BCUT2D eigenvalue weighted by atomic mass is 9.92. The molecule has 2 aromatic heterocycles. The number of alkyl halides is 1. The Morgan fingerprint density at radius 2 is 1.54 bits per heavy atom. The molecule has 2 aliphatic heterocycles. The van der Waals surface area contributed by atoms with Crippen molar-refractivity contribution in [3.8, 4) is 11.5 Å². The van der Waals surface area contributed by atoms with Crippen molar-refractivity contribution < 1.29 is 81.9 Å². The molecule has 9 N–H and O–H groups in total. The van der Waals surface area contributed by atoms with Crippen LogP contribution in [0.2, 0.25) is 0 Å². The number of phenols is 1. The molecule has 8 rings (SSSR count). The minimum atomic E-state index is -1.17. The van der Waals surface area contributed by atoms with Gasteiger partial charge in [0.15, 0.2) is 0 Å². The number of carboxylic acids is 1. The third-order valence-corrected chi connectivity index (χ3v) is 15.8. The molecule has 0 aliphatic carbocycles. The lowest BCUT2D eigenvalue weighted by molar-refractivity contribution is -0.138. The van der Waals surface area contributed by atoms with E-state index in [0.29, 0.717) is 39.2 Å². The highest BCUT2D eigenvalue weighted by molar-refractivity contribution is 6.19.